The minimum Gasteiger partial charge on any atom is -0.450 e. The number of rotatable bonds is 3. The second-order valence-corrected chi connectivity index (χ2v) is 12.4. The highest BCUT2D eigenvalue weighted by Gasteiger charge is 2.70. The number of ether oxygens (including phenoxy) is 1. The van der Waals surface area contributed by atoms with E-state index in [-0.39, 0.29) is 29.0 Å². The molecule has 0 radical (unpaired) electrons. The number of fused-ring (bicyclic) bond motifs is 6. The molecule has 3 saturated carbocycles. The zero-order chi connectivity index (χ0) is 26.3. The van der Waals surface area contributed by atoms with Crippen LogP contribution in [0.25, 0.3) is 11.8 Å². The number of nitrogens with zero attached hydrogens (tertiary/aromatic N) is 2. The summed E-state index contributed by atoms with van der Waals surface area (Å²) >= 11 is 4.20. The maximum absolute atomic E-state index is 13.5. The third-order valence-corrected chi connectivity index (χ3v) is 10.6. The Hall–Kier alpha value is -2.45. The summed E-state index contributed by atoms with van der Waals surface area (Å²) < 4.78 is 21.1. The largest absolute Gasteiger partial charge is 0.450 e. The Labute approximate surface area is 221 Å². The number of halogens is 1. The minimum atomic E-state index is -1.30. The number of hydrogen-bond acceptors (Lipinski definition) is 5. The van der Waals surface area contributed by atoms with Crippen LogP contribution in [0.2, 0.25) is 0 Å². The van der Waals surface area contributed by atoms with Crippen molar-refractivity contribution in [2.24, 2.45) is 28.6 Å². The summed E-state index contributed by atoms with van der Waals surface area (Å²) in [5.41, 5.74) is 2.04. The predicted octanol–water partition coefficient (Wildman–Crippen LogP) is 4.92. The zero-order valence-electron chi connectivity index (χ0n) is 21.4. The standard InChI is InChI=1S/C29H33FN2O4S/c1-16(33)36-29(26(35)37)11-10-22-21-9-4-18-12-23-17(15-31-32(23)20-7-5-19(30)6-8-20)13-27(18,2)25(21)24(34)14-28(22,29)3/h5-8,12,15,21-22,24-25,34H,4,9-11,13-14H2,1-3H3,(H,35,37)/t21-,22-,24-,25+,27-,28-,29-/m0/s1. The molecule has 1 heterocycles. The van der Waals surface area contributed by atoms with E-state index in [1.165, 1.54) is 24.6 Å². The smallest absolute Gasteiger partial charge is 0.303 e. The Morgan fingerprint density at radius 1 is 1.22 bits per heavy atom. The van der Waals surface area contributed by atoms with Crippen LogP contribution in [0.1, 0.15) is 64.1 Å². The lowest BCUT2D eigenvalue weighted by Crippen LogP contribution is -2.62. The van der Waals surface area contributed by atoms with Gasteiger partial charge in [-0.25, -0.2) is 9.07 Å². The Bertz CT molecular complexity index is 1320. The molecule has 7 atom stereocenters. The molecule has 196 valence electrons. The normalized spacial score (nSPS) is 38.1. The average molecular weight is 525 g/mol. The van der Waals surface area contributed by atoms with Crippen LogP contribution in [-0.2, 0) is 20.7 Å². The molecule has 0 bridgehead atoms. The summed E-state index contributed by atoms with van der Waals surface area (Å²) in [5, 5.41) is 16.0. The van der Waals surface area contributed by atoms with Crippen molar-refractivity contribution in [3.8, 4) is 5.69 Å². The Kier molecular flexibility index (Phi) is 5.56. The zero-order valence-corrected chi connectivity index (χ0v) is 22.3. The molecule has 2 aromatic rings. The van der Waals surface area contributed by atoms with E-state index in [2.05, 4.69) is 30.7 Å². The summed E-state index contributed by atoms with van der Waals surface area (Å²) in [6.07, 6.45) is 7.63. The number of carbonyl (C=O) groups excluding carboxylic acids is 2. The summed E-state index contributed by atoms with van der Waals surface area (Å²) in [4.78, 5) is 24.9. The molecule has 8 heteroatoms. The van der Waals surface area contributed by atoms with Crippen molar-refractivity contribution in [3.63, 3.8) is 0 Å². The maximum atomic E-state index is 13.5. The van der Waals surface area contributed by atoms with Crippen LogP contribution < -0.4 is 0 Å². The lowest BCUT2D eigenvalue weighted by atomic mass is 9.45. The van der Waals surface area contributed by atoms with E-state index in [1.54, 1.807) is 12.1 Å². The summed E-state index contributed by atoms with van der Waals surface area (Å²) in [6.45, 7) is 5.61. The van der Waals surface area contributed by atoms with Gasteiger partial charge in [-0.05, 0) is 97.6 Å². The number of aliphatic hydroxyl groups is 1. The molecular weight excluding hydrogens is 491 g/mol. The van der Waals surface area contributed by atoms with E-state index >= 15 is 0 Å². The molecule has 1 N–H and O–H groups in total. The quantitative estimate of drug-likeness (QED) is 0.440. The first-order chi connectivity index (χ1) is 17.5. The van der Waals surface area contributed by atoms with Crippen molar-refractivity contribution in [2.45, 2.75) is 71.0 Å². The SMILES string of the molecule is CC(=O)O[C@]1(C(=O)S)CC[C@H]2[C@@H]3CCC4=Cc5c(cnn5-c5ccc(F)cc5)C[C@]4(C)[C@H]3[C@@H](O)C[C@@]21C. The van der Waals surface area contributed by atoms with E-state index in [0.29, 0.717) is 12.8 Å². The second-order valence-electron chi connectivity index (χ2n) is 12.0. The third kappa shape index (κ3) is 3.37. The average Bonchev–Trinajstić information content (AvgIpc) is 3.35. The van der Waals surface area contributed by atoms with Crippen molar-refractivity contribution in [3.05, 3.63) is 53.1 Å². The second kappa shape index (κ2) is 8.27. The molecule has 0 spiro atoms. The molecular formula is C29H33FN2O4S. The number of hydrogen-bond donors (Lipinski definition) is 2. The van der Waals surface area contributed by atoms with E-state index in [9.17, 15) is 19.1 Å². The van der Waals surface area contributed by atoms with Gasteiger partial charge in [0.25, 0.3) is 0 Å². The van der Waals surface area contributed by atoms with Gasteiger partial charge in [-0.1, -0.05) is 19.4 Å². The van der Waals surface area contributed by atoms with Crippen molar-refractivity contribution < 1.29 is 23.8 Å². The van der Waals surface area contributed by atoms with Crippen LogP contribution in [0.5, 0.6) is 0 Å². The lowest BCUT2D eigenvalue weighted by Gasteiger charge is -2.60. The molecule has 0 aliphatic heterocycles. The number of esters is 1. The Balaban J connectivity index is 1.37. The highest BCUT2D eigenvalue weighted by atomic mass is 32.1. The molecule has 0 saturated heterocycles. The fraction of sp³-hybridized carbons (Fsp3) is 0.552. The van der Waals surface area contributed by atoms with Gasteiger partial charge < -0.3 is 9.84 Å². The summed E-state index contributed by atoms with van der Waals surface area (Å²) in [5.74, 6) is -0.389. The van der Waals surface area contributed by atoms with E-state index in [1.807, 2.05) is 17.8 Å². The van der Waals surface area contributed by atoms with Gasteiger partial charge in [-0.15, -0.1) is 12.6 Å². The monoisotopic (exact) mass is 524 g/mol. The fourth-order valence-corrected chi connectivity index (χ4v) is 9.18. The number of aromatic nitrogens is 2. The van der Waals surface area contributed by atoms with Crippen LogP contribution in [0.4, 0.5) is 4.39 Å². The van der Waals surface area contributed by atoms with Crippen molar-refractivity contribution >= 4 is 29.8 Å². The third-order valence-electron chi connectivity index (χ3n) is 10.3. The van der Waals surface area contributed by atoms with Crippen molar-refractivity contribution in [2.75, 3.05) is 0 Å². The van der Waals surface area contributed by atoms with Crippen LogP contribution >= 0.6 is 12.6 Å². The predicted molar refractivity (Wildman–Crippen MR) is 139 cm³/mol. The Morgan fingerprint density at radius 3 is 2.62 bits per heavy atom. The topological polar surface area (TPSA) is 81.4 Å². The summed E-state index contributed by atoms with van der Waals surface area (Å²) in [7, 11) is 0. The minimum absolute atomic E-state index is 0.0241. The van der Waals surface area contributed by atoms with Crippen LogP contribution in [0, 0.1) is 34.4 Å². The van der Waals surface area contributed by atoms with Gasteiger partial charge in [-0.2, -0.15) is 5.10 Å². The van der Waals surface area contributed by atoms with Gasteiger partial charge in [0.2, 0.25) is 5.12 Å². The van der Waals surface area contributed by atoms with Crippen LogP contribution in [0.15, 0.2) is 36.0 Å². The van der Waals surface area contributed by atoms with E-state index < -0.39 is 28.2 Å². The molecule has 6 rings (SSSR count). The van der Waals surface area contributed by atoms with E-state index in [4.69, 9.17) is 4.74 Å². The fourth-order valence-electron chi connectivity index (χ4n) is 8.77. The first-order valence-electron chi connectivity index (χ1n) is 13.1. The van der Waals surface area contributed by atoms with Crippen LogP contribution in [0.3, 0.4) is 0 Å². The molecule has 1 aromatic heterocycles. The number of allylic oxidation sites excluding steroid dienone is 1. The number of aliphatic hydroxyl groups excluding tert-OH is 1. The molecule has 0 amide bonds. The number of carbonyl (C=O) groups is 2. The number of thiol groups is 1. The molecule has 1 aromatic carbocycles. The first-order valence-corrected chi connectivity index (χ1v) is 13.6. The van der Waals surface area contributed by atoms with Gasteiger partial charge in [0.15, 0.2) is 5.60 Å². The van der Waals surface area contributed by atoms with Gasteiger partial charge >= 0.3 is 5.97 Å². The van der Waals surface area contributed by atoms with Gasteiger partial charge in [0.1, 0.15) is 5.82 Å². The maximum Gasteiger partial charge on any atom is 0.303 e. The van der Waals surface area contributed by atoms with Crippen molar-refractivity contribution in [1.82, 2.24) is 9.78 Å². The molecule has 37 heavy (non-hydrogen) atoms. The molecule has 4 aliphatic carbocycles. The van der Waals surface area contributed by atoms with Crippen LogP contribution in [-0.4, -0.2) is 37.7 Å². The lowest BCUT2D eigenvalue weighted by molar-refractivity contribution is -0.194. The molecule has 3 fully saturated rings. The molecule has 6 nitrogen and oxygen atoms in total. The van der Waals surface area contributed by atoms with Crippen molar-refractivity contribution in [1.29, 1.82) is 0 Å². The van der Waals surface area contributed by atoms with Gasteiger partial charge in [-0.3, -0.25) is 9.59 Å². The first kappa shape index (κ1) is 24.9. The molecule has 0 unspecified atom stereocenters. The number of benzene rings is 1. The summed E-state index contributed by atoms with van der Waals surface area (Å²) in [6, 6.07) is 6.35. The van der Waals surface area contributed by atoms with Gasteiger partial charge in [0, 0.05) is 12.3 Å². The Morgan fingerprint density at radius 2 is 1.95 bits per heavy atom. The molecule has 4 aliphatic rings. The van der Waals surface area contributed by atoms with E-state index in [0.717, 1.165) is 42.6 Å². The highest BCUT2D eigenvalue weighted by molar-refractivity contribution is 7.96. The van der Waals surface area contributed by atoms with Gasteiger partial charge in [0.05, 0.1) is 23.7 Å². The highest BCUT2D eigenvalue weighted by Crippen LogP contribution is 2.68.